The van der Waals surface area contributed by atoms with Gasteiger partial charge in [0.1, 0.15) is 0 Å². The summed E-state index contributed by atoms with van der Waals surface area (Å²) in [7, 11) is 0. The first-order valence-corrected chi connectivity index (χ1v) is 4.62. The number of hydrogen-bond acceptors (Lipinski definition) is 1. The lowest BCUT2D eigenvalue weighted by molar-refractivity contribution is 0.574. The number of allylic oxidation sites excluding steroid dienone is 1. The summed E-state index contributed by atoms with van der Waals surface area (Å²) in [4.78, 5) is 3.61. The van der Waals surface area contributed by atoms with Gasteiger partial charge in [0.15, 0.2) is 0 Å². The molecule has 0 aliphatic heterocycles. The summed E-state index contributed by atoms with van der Waals surface area (Å²) in [6.07, 6.45) is 6.16. The summed E-state index contributed by atoms with van der Waals surface area (Å²) in [5, 5.41) is 0. The number of hydrogen-bond donors (Lipinski definition) is 0. The van der Waals surface area contributed by atoms with Gasteiger partial charge in [0.25, 0.3) is 0 Å². The summed E-state index contributed by atoms with van der Waals surface area (Å²) < 4.78 is 12.7. The van der Waals surface area contributed by atoms with Crippen LogP contribution in [0.3, 0.4) is 0 Å². The Morgan fingerprint density at radius 2 is 2.38 bits per heavy atom. The van der Waals surface area contributed by atoms with Crippen molar-refractivity contribution in [3.63, 3.8) is 0 Å². The van der Waals surface area contributed by atoms with E-state index in [1.165, 1.54) is 6.20 Å². The number of nitrogens with zero attached hydrogens (tertiary/aromatic N) is 1. The highest BCUT2D eigenvalue weighted by molar-refractivity contribution is 6.17. The molecule has 13 heavy (non-hydrogen) atoms. The van der Waals surface area contributed by atoms with E-state index in [2.05, 4.69) is 4.98 Å². The second-order valence-corrected chi connectivity index (χ2v) is 3.13. The Hall–Kier alpha value is -0.890. The fourth-order valence-electron chi connectivity index (χ4n) is 0.953. The Morgan fingerprint density at radius 3 is 3.00 bits per heavy atom. The van der Waals surface area contributed by atoms with Gasteiger partial charge < -0.3 is 0 Å². The molecule has 1 rings (SSSR count). The summed E-state index contributed by atoms with van der Waals surface area (Å²) in [6, 6.07) is 1.76. The number of pyridine rings is 1. The van der Waals surface area contributed by atoms with Gasteiger partial charge in [-0.05, 0) is 25.0 Å². The number of alkyl halides is 1. The minimum Gasteiger partial charge on any atom is -0.227 e. The Bertz CT molecular complexity index is 310. The van der Waals surface area contributed by atoms with Gasteiger partial charge in [-0.3, -0.25) is 0 Å². The zero-order chi connectivity index (χ0) is 9.68. The molecule has 0 aliphatic rings. The molecule has 0 aliphatic carbocycles. The summed E-state index contributed by atoms with van der Waals surface area (Å²) in [5.41, 5.74) is 1.47. The number of aryl methyl sites for hydroxylation is 1. The maximum atomic E-state index is 12.7. The number of rotatable bonds is 3. The highest BCUT2D eigenvalue weighted by Crippen LogP contribution is 2.07. The van der Waals surface area contributed by atoms with Gasteiger partial charge in [-0.15, -0.1) is 11.6 Å². The van der Waals surface area contributed by atoms with Crippen LogP contribution in [0.4, 0.5) is 4.39 Å². The van der Waals surface area contributed by atoms with Crippen LogP contribution in [0.25, 0.3) is 6.08 Å². The molecule has 1 aromatic heterocycles. The van der Waals surface area contributed by atoms with Gasteiger partial charge in [-0.1, -0.05) is 12.2 Å². The van der Waals surface area contributed by atoms with Crippen LogP contribution < -0.4 is 0 Å². The molecule has 1 heterocycles. The molecule has 0 fully saturated rings. The quantitative estimate of drug-likeness (QED) is 0.538. The summed E-state index contributed by atoms with van der Waals surface area (Å²) >= 11 is 5.50. The van der Waals surface area contributed by atoms with Crippen LogP contribution in [-0.2, 0) is 0 Å². The maximum Gasteiger partial charge on any atom is 0.215 e. The number of halogens is 2. The molecule has 1 nitrogen and oxygen atoms in total. The Morgan fingerprint density at radius 1 is 1.62 bits per heavy atom. The van der Waals surface area contributed by atoms with Crippen LogP contribution in [0.15, 0.2) is 18.3 Å². The van der Waals surface area contributed by atoms with Crippen molar-refractivity contribution < 1.29 is 4.39 Å². The molecule has 3 heteroatoms. The van der Waals surface area contributed by atoms with E-state index >= 15 is 0 Å². The third-order valence-electron chi connectivity index (χ3n) is 1.62. The van der Waals surface area contributed by atoms with Crippen molar-refractivity contribution in [2.24, 2.45) is 0 Å². The van der Waals surface area contributed by atoms with Crippen LogP contribution in [-0.4, -0.2) is 10.9 Å². The first kappa shape index (κ1) is 10.2. The van der Waals surface area contributed by atoms with E-state index in [-0.39, 0.29) is 0 Å². The highest BCUT2D eigenvalue weighted by Gasteiger charge is 1.96. The maximum absolute atomic E-state index is 12.7. The lowest BCUT2D eigenvalue weighted by Crippen LogP contribution is -1.88. The Balaban J connectivity index is 2.73. The molecule has 0 bridgehead atoms. The van der Waals surface area contributed by atoms with Gasteiger partial charge in [0.2, 0.25) is 5.95 Å². The van der Waals surface area contributed by atoms with Crippen molar-refractivity contribution in [1.82, 2.24) is 4.98 Å². The fraction of sp³-hybridized carbons (Fsp3) is 0.300. The minimum absolute atomic E-state index is 0.408. The summed E-state index contributed by atoms with van der Waals surface area (Å²) in [5.74, 6) is 0.193. The molecule has 0 radical (unpaired) electrons. The topological polar surface area (TPSA) is 12.9 Å². The minimum atomic E-state index is -0.408. The van der Waals surface area contributed by atoms with Crippen molar-refractivity contribution in [2.75, 3.05) is 5.88 Å². The highest BCUT2D eigenvalue weighted by atomic mass is 35.5. The number of aromatic nitrogens is 1. The zero-order valence-corrected chi connectivity index (χ0v) is 8.18. The normalized spacial score (nSPS) is 11.0. The molecule has 0 spiro atoms. The Labute approximate surface area is 82.3 Å². The predicted molar refractivity (Wildman–Crippen MR) is 53.3 cm³/mol. The van der Waals surface area contributed by atoms with Gasteiger partial charge in [-0.25, -0.2) is 4.98 Å². The lowest BCUT2D eigenvalue weighted by Gasteiger charge is -1.96. The first-order chi connectivity index (χ1) is 6.24. The molecule has 0 aromatic carbocycles. The SMILES string of the molecule is Cc1cc(C=CCCCl)cnc1F. The predicted octanol–water partition coefficient (Wildman–Crippen LogP) is 3.17. The first-order valence-electron chi connectivity index (χ1n) is 4.08. The average Bonchev–Trinajstić information content (AvgIpc) is 2.12. The molecule has 0 saturated carbocycles. The second kappa shape index (κ2) is 4.97. The third-order valence-corrected chi connectivity index (χ3v) is 1.84. The Kier molecular flexibility index (Phi) is 3.90. The molecule has 0 saturated heterocycles. The fourth-order valence-corrected chi connectivity index (χ4v) is 1.08. The van der Waals surface area contributed by atoms with Gasteiger partial charge in [-0.2, -0.15) is 4.39 Å². The van der Waals surface area contributed by atoms with E-state index in [0.29, 0.717) is 11.4 Å². The molecular weight excluding hydrogens is 189 g/mol. The zero-order valence-electron chi connectivity index (χ0n) is 7.43. The van der Waals surface area contributed by atoms with E-state index in [1.807, 2.05) is 12.2 Å². The largest absolute Gasteiger partial charge is 0.227 e. The van der Waals surface area contributed by atoms with Crippen molar-refractivity contribution >= 4 is 17.7 Å². The van der Waals surface area contributed by atoms with E-state index in [0.717, 1.165) is 12.0 Å². The molecule has 0 amide bonds. The van der Waals surface area contributed by atoms with E-state index in [4.69, 9.17) is 11.6 Å². The lowest BCUT2D eigenvalue weighted by atomic mass is 10.2. The van der Waals surface area contributed by atoms with Crippen LogP contribution in [0.1, 0.15) is 17.5 Å². The van der Waals surface area contributed by atoms with Crippen LogP contribution in [0.5, 0.6) is 0 Å². The standard InChI is InChI=1S/C10H11ClFN/c1-8-6-9(4-2-3-5-11)7-13-10(8)12/h2,4,6-7H,3,5H2,1H3. The van der Waals surface area contributed by atoms with Crippen molar-refractivity contribution in [1.29, 1.82) is 0 Å². The van der Waals surface area contributed by atoms with Gasteiger partial charge >= 0.3 is 0 Å². The monoisotopic (exact) mass is 199 g/mol. The summed E-state index contributed by atoms with van der Waals surface area (Å²) in [6.45, 7) is 1.70. The molecule has 1 aromatic rings. The molecule has 0 N–H and O–H groups in total. The van der Waals surface area contributed by atoms with E-state index < -0.39 is 5.95 Å². The van der Waals surface area contributed by atoms with Gasteiger partial charge in [0.05, 0.1) is 0 Å². The second-order valence-electron chi connectivity index (χ2n) is 2.76. The molecule has 70 valence electrons. The van der Waals surface area contributed by atoms with E-state index in [1.54, 1.807) is 13.0 Å². The average molecular weight is 200 g/mol. The van der Waals surface area contributed by atoms with Crippen LogP contribution >= 0.6 is 11.6 Å². The van der Waals surface area contributed by atoms with Crippen molar-refractivity contribution in [2.45, 2.75) is 13.3 Å². The van der Waals surface area contributed by atoms with Crippen molar-refractivity contribution in [3.8, 4) is 0 Å². The van der Waals surface area contributed by atoms with Crippen LogP contribution in [0, 0.1) is 12.9 Å². The van der Waals surface area contributed by atoms with Crippen molar-refractivity contribution in [3.05, 3.63) is 35.4 Å². The molecule has 0 atom stereocenters. The van der Waals surface area contributed by atoms with E-state index in [9.17, 15) is 4.39 Å². The molecular formula is C10H11ClFN. The third kappa shape index (κ3) is 3.15. The molecule has 0 unspecified atom stereocenters. The van der Waals surface area contributed by atoms with Gasteiger partial charge in [0, 0.05) is 17.6 Å². The smallest absolute Gasteiger partial charge is 0.215 e. The van der Waals surface area contributed by atoms with Crippen LogP contribution in [0.2, 0.25) is 0 Å².